The van der Waals surface area contributed by atoms with Crippen molar-refractivity contribution in [3.63, 3.8) is 0 Å². The highest BCUT2D eigenvalue weighted by Crippen LogP contribution is 2.15. The van der Waals surface area contributed by atoms with Gasteiger partial charge in [0.1, 0.15) is 6.29 Å². The first-order valence-corrected chi connectivity index (χ1v) is 4.26. The van der Waals surface area contributed by atoms with Crippen LogP contribution in [-0.4, -0.2) is 6.29 Å². The molecule has 0 unspecified atom stereocenters. The van der Waals surface area contributed by atoms with Crippen LogP contribution in [0.1, 0.15) is 30.9 Å². The van der Waals surface area contributed by atoms with Gasteiger partial charge in [0, 0.05) is 6.42 Å². The molecule has 0 bridgehead atoms. The Balaban J connectivity index is 2.87. The summed E-state index contributed by atoms with van der Waals surface area (Å²) in [4.78, 5) is 10.3. The minimum Gasteiger partial charge on any atom is -0.303 e. The van der Waals surface area contributed by atoms with Crippen LogP contribution in [0.15, 0.2) is 24.3 Å². The van der Waals surface area contributed by atoms with Crippen molar-refractivity contribution >= 4 is 6.29 Å². The molecule has 1 aromatic rings. The van der Waals surface area contributed by atoms with E-state index >= 15 is 0 Å². The van der Waals surface area contributed by atoms with E-state index in [-0.39, 0.29) is 0 Å². The number of hydrogen-bond acceptors (Lipinski definition) is 1. The number of benzene rings is 1. The average Bonchev–Trinajstić information content (AvgIpc) is 2.05. The predicted octanol–water partition coefficient (Wildman–Crippen LogP) is 2.55. The minimum absolute atomic E-state index is 0.528. The summed E-state index contributed by atoms with van der Waals surface area (Å²) < 4.78 is 0. The van der Waals surface area contributed by atoms with Gasteiger partial charge in [-0.15, -0.1) is 0 Å². The second-order valence-electron chi connectivity index (χ2n) is 3.27. The lowest BCUT2D eigenvalue weighted by Crippen LogP contribution is -1.91. The highest BCUT2D eigenvalue weighted by Gasteiger charge is 1.98. The molecule has 0 saturated heterocycles. The van der Waals surface area contributed by atoms with Gasteiger partial charge in [0.25, 0.3) is 0 Å². The maximum Gasteiger partial charge on any atom is 0.124 e. The zero-order chi connectivity index (χ0) is 8.97. The highest BCUT2D eigenvalue weighted by molar-refractivity contribution is 5.55. The van der Waals surface area contributed by atoms with Gasteiger partial charge < -0.3 is 4.79 Å². The lowest BCUT2D eigenvalue weighted by Gasteiger charge is -2.05. The molecule has 0 aliphatic carbocycles. The van der Waals surface area contributed by atoms with E-state index in [0.717, 1.165) is 11.8 Å². The average molecular weight is 162 g/mol. The van der Waals surface area contributed by atoms with Crippen LogP contribution in [0.4, 0.5) is 0 Å². The fourth-order valence-electron chi connectivity index (χ4n) is 1.18. The van der Waals surface area contributed by atoms with Gasteiger partial charge in [-0.1, -0.05) is 38.1 Å². The molecule has 12 heavy (non-hydrogen) atoms. The number of hydrogen-bond donors (Lipinski definition) is 0. The van der Waals surface area contributed by atoms with Crippen LogP contribution >= 0.6 is 0 Å². The SMILES string of the molecule is CC(C)c1cccc(CC=O)c1. The Bertz CT molecular complexity index is 263. The zero-order valence-electron chi connectivity index (χ0n) is 7.58. The number of aldehydes is 1. The lowest BCUT2D eigenvalue weighted by molar-refractivity contribution is -0.107. The Morgan fingerprint density at radius 2 is 2.17 bits per heavy atom. The van der Waals surface area contributed by atoms with E-state index in [1.807, 2.05) is 12.1 Å². The van der Waals surface area contributed by atoms with E-state index in [1.54, 1.807) is 0 Å². The topological polar surface area (TPSA) is 17.1 Å². The molecule has 64 valence electrons. The third kappa shape index (κ3) is 2.19. The molecule has 0 aliphatic heterocycles. The molecule has 0 amide bonds. The van der Waals surface area contributed by atoms with E-state index in [4.69, 9.17) is 0 Å². The molecule has 0 N–H and O–H groups in total. The van der Waals surface area contributed by atoms with Crippen LogP contribution in [-0.2, 0) is 11.2 Å². The smallest absolute Gasteiger partial charge is 0.124 e. The fraction of sp³-hybridized carbons (Fsp3) is 0.364. The summed E-state index contributed by atoms with van der Waals surface area (Å²) >= 11 is 0. The van der Waals surface area contributed by atoms with Gasteiger partial charge in [-0.25, -0.2) is 0 Å². The first-order valence-electron chi connectivity index (χ1n) is 4.26. The van der Waals surface area contributed by atoms with Crippen LogP contribution in [0.3, 0.4) is 0 Å². The van der Waals surface area contributed by atoms with Crippen molar-refractivity contribution in [2.75, 3.05) is 0 Å². The maximum absolute atomic E-state index is 10.3. The largest absolute Gasteiger partial charge is 0.303 e. The van der Waals surface area contributed by atoms with Gasteiger partial charge in [-0.3, -0.25) is 0 Å². The van der Waals surface area contributed by atoms with E-state index < -0.39 is 0 Å². The quantitative estimate of drug-likeness (QED) is 0.624. The molecule has 0 aliphatic rings. The Morgan fingerprint density at radius 1 is 1.42 bits per heavy atom. The number of carbonyl (C=O) groups excluding carboxylic acids is 1. The first-order chi connectivity index (χ1) is 5.74. The van der Waals surface area contributed by atoms with Crippen LogP contribution in [0, 0.1) is 0 Å². The molecular weight excluding hydrogens is 148 g/mol. The molecule has 1 rings (SSSR count). The van der Waals surface area contributed by atoms with Crippen LogP contribution < -0.4 is 0 Å². The van der Waals surface area contributed by atoms with Gasteiger partial charge >= 0.3 is 0 Å². The summed E-state index contributed by atoms with van der Waals surface area (Å²) in [6, 6.07) is 8.19. The molecule has 1 aromatic carbocycles. The van der Waals surface area contributed by atoms with Crippen molar-refractivity contribution in [1.82, 2.24) is 0 Å². The third-order valence-corrected chi connectivity index (χ3v) is 1.94. The zero-order valence-corrected chi connectivity index (χ0v) is 7.58. The molecule has 0 radical (unpaired) electrons. The molecule has 0 aromatic heterocycles. The summed E-state index contributed by atoms with van der Waals surface area (Å²) in [5.74, 6) is 0.539. The molecule has 1 nitrogen and oxygen atoms in total. The second kappa shape index (κ2) is 4.05. The monoisotopic (exact) mass is 162 g/mol. The number of rotatable bonds is 3. The van der Waals surface area contributed by atoms with E-state index in [2.05, 4.69) is 26.0 Å². The number of carbonyl (C=O) groups is 1. The standard InChI is InChI=1S/C11H14O/c1-9(2)11-5-3-4-10(8-11)6-7-12/h3-5,7-9H,6H2,1-2H3. The highest BCUT2D eigenvalue weighted by atomic mass is 16.1. The van der Waals surface area contributed by atoms with Gasteiger partial charge in [0.05, 0.1) is 0 Å². The van der Waals surface area contributed by atoms with Crippen molar-refractivity contribution < 1.29 is 4.79 Å². The first kappa shape index (κ1) is 8.98. The summed E-state index contributed by atoms with van der Waals surface area (Å²) in [5, 5.41) is 0. The summed E-state index contributed by atoms with van der Waals surface area (Å²) in [6.45, 7) is 4.31. The molecule has 0 heterocycles. The van der Waals surface area contributed by atoms with E-state index in [9.17, 15) is 4.79 Å². The summed E-state index contributed by atoms with van der Waals surface area (Å²) in [7, 11) is 0. The molecule has 0 atom stereocenters. The molecule has 0 fully saturated rings. The van der Waals surface area contributed by atoms with Crippen LogP contribution in [0.2, 0.25) is 0 Å². The molecule has 0 saturated carbocycles. The van der Waals surface area contributed by atoms with Crippen molar-refractivity contribution in [2.24, 2.45) is 0 Å². The predicted molar refractivity (Wildman–Crippen MR) is 50.3 cm³/mol. The molecular formula is C11H14O. The van der Waals surface area contributed by atoms with Crippen molar-refractivity contribution in [3.05, 3.63) is 35.4 Å². The minimum atomic E-state index is 0.528. The van der Waals surface area contributed by atoms with Gasteiger partial charge in [0.2, 0.25) is 0 Å². The second-order valence-corrected chi connectivity index (χ2v) is 3.27. The summed E-state index contributed by atoms with van der Waals surface area (Å²) in [6.07, 6.45) is 1.47. The Hall–Kier alpha value is -1.11. The van der Waals surface area contributed by atoms with Gasteiger partial charge in [-0.2, -0.15) is 0 Å². The van der Waals surface area contributed by atoms with Crippen molar-refractivity contribution in [3.8, 4) is 0 Å². The Labute approximate surface area is 73.4 Å². The Kier molecular flexibility index (Phi) is 3.03. The maximum atomic E-state index is 10.3. The van der Waals surface area contributed by atoms with Gasteiger partial charge in [0.15, 0.2) is 0 Å². The van der Waals surface area contributed by atoms with Crippen LogP contribution in [0.25, 0.3) is 0 Å². The van der Waals surface area contributed by atoms with Crippen molar-refractivity contribution in [1.29, 1.82) is 0 Å². The molecule has 0 spiro atoms. The third-order valence-electron chi connectivity index (χ3n) is 1.94. The van der Waals surface area contributed by atoms with E-state index in [0.29, 0.717) is 12.3 Å². The van der Waals surface area contributed by atoms with Crippen LogP contribution in [0.5, 0.6) is 0 Å². The fourth-order valence-corrected chi connectivity index (χ4v) is 1.18. The molecule has 1 heteroatoms. The Morgan fingerprint density at radius 3 is 2.75 bits per heavy atom. The summed E-state index contributed by atoms with van der Waals surface area (Å²) in [5.41, 5.74) is 2.41. The lowest BCUT2D eigenvalue weighted by atomic mass is 10.0. The normalized spacial score (nSPS) is 10.2. The van der Waals surface area contributed by atoms with Gasteiger partial charge in [-0.05, 0) is 17.0 Å². The van der Waals surface area contributed by atoms with E-state index in [1.165, 1.54) is 5.56 Å². The van der Waals surface area contributed by atoms with Crippen molar-refractivity contribution in [2.45, 2.75) is 26.2 Å².